The number of nitrogens with zero attached hydrogens (tertiary/aromatic N) is 4. The fourth-order valence-electron chi connectivity index (χ4n) is 4.75. The van der Waals surface area contributed by atoms with Crippen LogP contribution in [0.3, 0.4) is 0 Å². The summed E-state index contributed by atoms with van der Waals surface area (Å²) >= 11 is 0. The summed E-state index contributed by atoms with van der Waals surface area (Å²) in [5.41, 5.74) is 1.24. The second-order valence-electron chi connectivity index (χ2n) is 8.34. The molecule has 0 bridgehead atoms. The Morgan fingerprint density at radius 2 is 2.11 bits per heavy atom. The first-order chi connectivity index (χ1) is 13.1. The third kappa shape index (κ3) is 4.03. The van der Waals surface area contributed by atoms with Crippen molar-refractivity contribution >= 4 is 17.7 Å². The molecule has 1 aromatic rings. The number of hydrogen-bond donors (Lipinski definition) is 1. The van der Waals surface area contributed by atoms with E-state index in [2.05, 4.69) is 31.2 Å². The summed E-state index contributed by atoms with van der Waals surface area (Å²) in [6, 6.07) is 2.06. The van der Waals surface area contributed by atoms with Gasteiger partial charge in [0.05, 0.1) is 6.10 Å². The molecule has 3 fully saturated rings. The van der Waals surface area contributed by atoms with E-state index in [0.29, 0.717) is 18.3 Å². The Hall–Kier alpha value is -1.89. The van der Waals surface area contributed by atoms with Gasteiger partial charge in [0.2, 0.25) is 11.9 Å². The Bertz CT molecular complexity index is 681. The topological polar surface area (TPSA) is 70.6 Å². The highest BCUT2D eigenvalue weighted by atomic mass is 16.5. The van der Waals surface area contributed by atoms with Crippen molar-refractivity contribution in [1.29, 1.82) is 0 Å². The van der Waals surface area contributed by atoms with Gasteiger partial charge in [0, 0.05) is 58.0 Å². The Labute approximate surface area is 161 Å². The number of piperidine rings is 2. The number of rotatable bonds is 4. The van der Waals surface area contributed by atoms with Gasteiger partial charge in [0.15, 0.2) is 0 Å². The smallest absolute Gasteiger partial charge is 0.224 e. The summed E-state index contributed by atoms with van der Waals surface area (Å²) < 4.78 is 5.77. The molecule has 0 aliphatic carbocycles. The van der Waals surface area contributed by atoms with Gasteiger partial charge in [-0.3, -0.25) is 4.79 Å². The van der Waals surface area contributed by atoms with E-state index in [0.717, 1.165) is 76.4 Å². The molecule has 4 rings (SSSR count). The van der Waals surface area contributed by atoms with Crippen molar-refractivity contribution in [2.24, 2.45) is 5.41 Å². The molecule has 1 unspecified atom stereocenters. The minimum atomic E-state index is 0.244. The first-order valence-corrected chi connectivity index (χ1v) is 10.2. The number of nitrogens with one attached hydrogen (secondary N) is 1. The number of anilines is 2. The molecule has 1 spiro atoms. The molecule has 148 valence electrons. The number of ether oxygens (including phenoxy) is 1. The van der Waals surface area contributed by atoms with Crippen molar-refractivity contribution in [3.05, 3.63) is 11.8 Å². The third-order valence-corrected chi connectivity index (χ3v) is 6.41. The first kappa shape index (κ1) is 18.5. The maximum atomic E-state index is 12.4. The number of aromatic nitrogens is 2. The lowest BCUT2D eigenvalue weighted by Crippen LogP contribution is -2.53. The molecule has 7 nitrogen and oxygen atoms in total. The molecular formula is C20H31N5O2. The molecule has 4 heterocycles. The lowest BCUT2D eigenvalue weighted by Gasteiger charge is -2.48. The third-order valence-electron chi connectivity index (χ3n) is 6.41. The molecule has 1 atom stereocenters. The number of carbonyl (C=O) groups excluding carboxylic acids is 1. The number of carbonyl (C=O) groups is 1. The van der Waals surface area contributed by atoms with Crippen LogP contribution < -0.4 is 10.2 Å². The maximum absolute atomic E-state index is 12.4. The predicted octanol–water partition coefficient (Wildman–Crippen LogP) is 2.21. The molecule has 27 heavy (non-hydrogen) atoms. The van der Waals surface area contributed by atoms with E-state index in [-0.39, 0.29) is 11.5 Å². The van der Waals surface area contributed by atoms with Crippen LogP contribution in [0.1, 0.15) is 44.2 Å². The number of amides is 1. The minimum absolute atomic E-state index is 0.244. The van der Waals surface area contributed by atoms with Gasteiger partial charge in [-0.25, -0.2) is 4.98 Å². The van der Waals surface area contributed by atoms with Crippen LogP contribution in [0.5, 0.6) is 0 Å². The summed E-state index contributed by atoms with van der Waals surface area (Å²) in [4.78, 5) is 25.9. The number of likely N-dealkylation sites (tertiary alicyclic amines) is 1. The summed E-state index contributed by atoms with van der Waals surface area (Å²) in [7, 11) is 1.85. The SMILES string of the molecule is CNc1nc(C)cc(N2CCC3(CCC(=O)N(CC4CCCO4)C3)CC2)n1. The van der Waals surface area contributed by atoms with Crippen molar-refractivity contribution < 1.29 is 9.53 Å². The fourth-order valence-corrected chi connectivity index (χ4v) is 4.75. The van der Waals surface area contributed by atoms with Crippen molar-refractivity contribution in [2.45, 2.75) is 51.6 Å². The average molecular weight is 374 g/mol. The number of hydrogen-bond acceptors (Lipinski definition) is 6. The quantitative estimate of drug-likeness (QED) is 0.873. The van der Waals surface area contributed by atoms with E-state index >= 15 is 0 Å². The van der Waals surface area contributed by atoms with Gasteiger partial charge < -0.3 is 19.9 Å². The van der Waals surface area contributed by atoms with Gasteiger partial charge in [-0.05, 0) is 44.4 Å². The number of aryl methyl sites for hydroxylation is 1. The van der Waals surface area contributed by atoms with Crippen LogP contribution in [0, 0.1) is 12.3 Å². The largest absolute Gasteiger partial charge is 0.376 e. The molecule has 7 heteroatoms. The molecule has 1 aromatic heterocycles. The lowest BCUT2D eigenvalue weighted by molar-refractivity contribution is -0.140. The van der Waals surface area contributed by atoms with Crippen molar-refractivity contribution in [2.75, 3.05) is 50.1 Å². The Balaban J connectivity index is 1.40. The van der Waals surface area contributed by atoms with Crippen LogP contribution >= 0.6 is 0 Å². The van der Waals surface area contributed by atoms with Crippen LogP contribution in [0.4, 0.5) is 11.8 Å². The summed E-state index contributed by atoms with van der Waals surface area (Å²) in [5.74, 6) is 1.99. The predicted molar refractivity (Wildman–Crippen MR) is 105 cm³/mol. The van der Waals surface area contributed by atoms with Gasteiger partial charge >= 0.3 is 0 Å². The molecule has 1 N–H and O–H groups in total. The zero-order valence-corrected chi connectivity index (χ0v) is 16.5. The van der Waals surface area contributed by atoms with Gasteiger partial charge in [-0.1, -0.05) is 0 Å². The minimum Gasteiger partial charge on any atom is -0.376 e. The van der Waals surface area contributed by atoms with E-state index in [1.807, 2.05) is 14.0 Å². The van der Waals surface area contributed by atoms with E-state index in [4.69, 9.17) is 4.74 Å². The maximum Gasteiger partial charge on any atom is 0.224 e. The Kier molecular flexibility index (Phi) is 5.21. The van der Waals surface area contributed by atoms with Gasteiger partial charge in [0.25, 0.3) is 0 Å². The molecule has 0 radical (unpaired) electrons. The molecule has 3 saturated heterocycles. The second-order valence-corrected chi connectivity index (χ2v) is 8.34. The fraction of sp³-hybridized carbons (Fsp3) is 0.750. The average Bonchev–Trinajstić information content (AvgIpc) is 3.18. The first-order valence-electron chi connectivity index (χ1n) is 10.2. The summed E-state index contributed by atoms with van der Waals surface area (Å²) in [6.45, 7) is 6.50. The molecule has 3 aliphatic rings. The summed E-state index contributed by atoms with van der Waals surface area (Å²) in [6.07, 6.45) is 6.38. The highest BCUT2D eigenvalue weighted by Gasteiger charge is 2.41. The highest BCUT2D eigenvalue weighted by molar-refractivity contribution is 5.77. The van der Waals surface area contributed by atoms with Crippen molar-refractivity contribution in [1.82, 2.24) is 14.9 Å². The van der Waals surface area contributed by atoms with Crippen LogP contribution in [0.2, 0.25) is 0 Å². The normalized spacial score (nSPS) is 25.3. The van der Waals surface area contributed by atoms with Crippen molar-refractivity contribution in [3.63, 3.8) is 0 Å². The van der Waals surface area contributed by atoms with Gasteiger partial charge in [-0.15, -0.1) is 0 Å². The van der Waals surface area contributed by atoms with E-state index in [1.54, 1.807) is 0 Å². The van der Waals surface area contributed by atoms with Crippen LogP contribution in [0.15, 0.2) is 6.07 Å². The van der Waals surface area contributed by atoms with E-state index < -0.39 is 0 Å². The Morgan fingerprint density at radius 1 is 1.30 bits per heavy atom. The monoisotopic (exact) mass is 373 g/mol. The molecule has 0 saturated carbocycles. The van der Waals surface area contributed by atoms with Crippen molar-refractivity contribution in [3.8, 4) is 0 Å². The lowest BCUT2D eigenvalue weighted by atomic mass is 9.72. The van der Waals surface area contributed by atoms with Crippen LogP contribution in [-0.4, -0.2) is 66.7 Å². The second kappa shape index (κ2) is 7.62. The standard InChI is InChI=1S/C20H31N5O2/c1-15-12-17(23-19(21-2)22-15)24-9-7-20(8-10-24)6-5-18(26)25(14-20)13-16-4-3-11-27-16/h12,16H,3-11,13-14H2,1-2H3,(H,21,22,23). The highest BCUT2D eigenvalue weighted by Crippen LogP contribution is 2.41. The zero-order chi connectivity index (χ0) is 18.9. The van der Waals surface area contributed by atoms with Crippen LogP contribution in [0.25, 0.3) is 0 Å². The molecule has 3 aliphatic heterocycles. The Morgan fingerprint density at radius 3 is 2.81 bits per heavy atom. The molecule has 0 aromatic carbocycles. The van der Waals surface area contributed by atoms with E-state index in [1.165, 1.54) is 0 Å². The summed E-state index contributed by atoms with van der Waals surface area (Å²) in [5, 5.41) is 3.04. The zero-order valence-electron chi connectivity index (χ0n) is 16.5. The van der Waals surface area contributed by atoms with Gasteiger partial charge in [-0.2, -0.15) is 4.98 Å². The molecule has 1 amide bonds. The molecular weight excluding hydrogens is 342 g/mol. The van der Waals surface area contributed by atoms with Crippen LogP contribution in [-0.2, 0) is 9.53 Å². The van der Waals surface area contributed by atoms with E-state index in [9.17, 15) is 4.79 Å². The van der Waals surface area contributed by atoms with Gasteiger partial charge in [0.1, 0.15) is 5.82 Å².